The van der Waals surface area contributed by atoms with E-state index in [-0.39, 0.29) is 57.8 Å². The van der Waals surface area contributed by atoms with E-state index in [1.54, 1.807) is 36.4 Å². The summed E-state index contributed by atoms with van der Waals surface area (Å²) in [6, 6.07) is 19.4. The van der Waals surface area contributed by atoms with Gasteiger partial charge in [0.05, 0.1) is 5.56 Å². The van der Waals surface area contributed by atoms with Crippen LogP contribution in [0.5, 0.6) is 11.5 Å². The molecule has 1 aliphatic carbocycles. The fraction of sp³-hybridized carbons (Fsp3) is 0.125. The van der Waals surface area contributed by atoms with Crippen molar-refractivity contribution in [1.29, 1.82) is 0 Å². The maximum Gasteiger partial charge on any atom is 0.524 e. The number of fused-ring (bicyclic) bond motifs is 2. The van der Waals surface area contributed by atoms with Gasteiger partial charge >= 0.3 is 13.8 Å². The number of nitrogens with one attached hydrogen (secondary N) is 3. The van der Waals surface area contributed by atoms with E-state index in [0.29, 0.717) is 40.7 Å². The van der Waals surface area contributed by atoms with Gasteiger partial charge in [-0.15, -0.1) is 0 Å². The molecule has 5 rings (SSSR count). The number of aromatic carboxylic acids is 1. The number of amides is 1. The molecule has 1 amide bonds. The quantitative estimate of drug-likeness (QED) is 0.0446. The molecular formula is C32H28N3O10PS. The molecule has 0 radical (unpaired) electrons. The smallest absolute Gasteiger partial charge is 0.508 e. The van der Waals surface area contributed by atoms with Gasteiger partial charge in [-0.1, -0.05) is 12.1 Å². The Bertz CT molecular complexity index is 2060. The number of aryl methyl sites for hydroxylation is 1. The van der Waals surface area contributed by atoms with Gasteiger partial charge in [0.25, 0.3) is 0 Å². The third-order valence-corrected chi connectivity index (χ3v) is 7.67. The van der Waals surface area contributed by atoms with E-state index in [9.17, 15) is 29.2 Å². The Morgan fingerprint density at radius 1 is 0.894 bits per heavy atom. The minimum atomic E-state index is -4.64. The first-order valence-electron chi connectivity index (χ1n) is 14.1. The van der Waals surface area contributed by atoms with Crippen LogP contribution >= 0.6 is 20.0 Å². The zero-order valence-electron chi connectivity index (χ0n) is 24.4. The molecule has 0 fully saturated rings. The van der Waals surface area contributed by atoms with Crippen molar-refractivity contribution >= 4 is 53.7 Å². The van der Waals surface area contributed by atoms with E-state index in [1.165, 1.54) is 42.5 Å². The second-order valence-corrected chi connectivity index (χ2v) is 11.9. The van der Waals surface area contributed by atoms with Crippen LogP contribution in [0.2, 0.25) is 0 Å². The van der Waals surface area contributed by atoms with Crippen molar-refractivity contribution in [1.82, 2.24) is 10.6 Å². The van der Waals surface area contributed by atoms with E-state index < -0.39 is 13.8 Å². The summed E-state index contributed by atoms with van der Waals surface area (Å²) in [6.45, 7) is 0.557. The third kappa shape index (κ3) is 8.51. The summed E-state index contributed by atoms with van der Waals surface area (Å²) in [5.41, 5.74) is 2.56. The normalized spacial score (nSPS) is 11.3. The highest BCUT2D eigenvalue weighted by Crippen LogP contribution is 2.42. The number of phenolic OH excluding ortho intramolecular Hbond substituents is 1. The first-order chi connectivity index (χ1) is 22.4. The highest BCUT2D eigenvalue weighted by atomic mass is 32.1. The second-order valence-electron chi connectivity index (χ2n) is 10.3. The Balaban J connectivity index is 1.22. The number of aromatic hydroxyl groups is 1. The Kier molecular flexibility index (Phi) is 9.87. The van der Waals surface area contributed by atoms with Crippen LogP contribution in [0, 0.1) is 0 Å². The monoisotopic (exact) mass is 677 g/mol. The SMILES string of the molecule is O=C(CCc1ccc(OP(=O)(O)O)cc1)NCCNC(=S)Nc1ccc(C(=O)O)c(-c2c3ccc(=O)cc-3oc3cc(O)ccc23)c1. The topological polar surface area (TPSA) is 208 Å². The average molecular weight is 678 g/mol. The minimum absolute atomic E-state index is 0.00405. The number of carbonyl (C=O) groups is 2. The number of carboxylic acid groups (broad SMARTS) is 1. The number of anilines is 1. The van der Waals surface area contributed by atoms with Crippen LogP contribution in [-0.4, -0.2) is 50.1 Å². The molecule has 0 spiro atoms. The van der Waals surface area contributed by atoms with Crippen molar-refractivity contribution in [2.24, 2.45) is 0 Å². The van der Waals surface area contributed by atoms with Gasteiger partial charge in [0.15, 0.2) is 10.5 Å². The molecule has 3 aromatic carbocycles. The number of phosphoric acid groups is 1. The number of phosphoric ester groups is 1. The van der Waals surface area contributed by atoms with E-state index >= 15 is 0 Å². The zero-order chi connectivity index (χ0) is 33.7. The molecule has 2 aliphatic rings. The molecule has 3 aromatic rings. The lowest BCUT2D eigenvalue weighted by molar-refractivity contribution is -0.121. The number of rotatable bonds is 11. The Morgan fingerprint density at radius 3 is 2.36 bits per heavy atom. The highest BCUT2D eigenvalue weighted by Gasteiger charge is 2.22. The molecule has 0 unspecified atom stereocenters. The maximum absolute atomic E-state index is 12.3. The summed E-state index contributed by atoms with van der Waals surface area (Å²) in [5.74, 6) is -1.19. The predicted molar refractivity (Wildman–Crippen MR) is 178 cm³/mol. The van der Waals surface area contributed by atoms with Crippen LogP contribution < -0.4 is 25.9 Å². The van der Waals surface area contributed by atoms with Crippen LogP contribution in [0.4, 0.5) is 5.69 Å². The van der Waals surface area contributed by atoms with Gasteiger partial charge < -0.3 is 35.1 Å². The fourth-order valence-electron chi connectivity index (χ4n) is 4.92. The van der Waals surface area contributed by atoms with Gasteiger partial charge in [0.1, 0.15) is 22.8 Å². The van der Waals surface area contributed by atoms with Crippen LogP contribution in [0.3, 0.4) is 0 Å². The van der Waals surface area contributed by atoms with E-state index in [1.807, 2.05) is 0 Å². The molecule has 7 N–H and O–H groups in total. The molecule has 0 saturated carbocycles. The number of phenols is 1. The van der Waals surface area contributed by atoms with Gasteiger partial charge in [-0.3, -0.25) is 19.4 Å². The first-order valence-corrected chi connectivity index (χ1v) is 16.0. The molecule has 15 heteroatoms. The van der Waals surface area contributed by atoms with Crippen molar-refractivity contribution in [3.8, 4) is 33.9 Å². The third-order valence-electron chi connectivity index (χ3n) is 6.98. The van der Waals surface area contributed by atoms with Gasteiger partial charge in [-0.25, -0.2) is 9.36 Å². The second kappa shape index (κ2) is 14.0. The summed E-state index contributed by atoms with van der Waals surface area (Å²) >= 11 is 5.41. The largest absolute Gasteiger partial charge is 0.524 e. The highest BCUT2D eigenvalue weighted by molar-refractivity contribution is 7.80. The summed E-state index contributed by atoms with van der Waals surface area (Å²) in [7, 11) is -4.64. The van der Waals surface area contributed by atoms with E-state index in [4.69, 9.17) is 26.4 Å². The number of hydrogen-bond acceptors (Lipinski definition) is 8. The number of carboxylic acids is 1. The first kappa shape index (κ1) is 33.1. The van der Waals surface area contributed by atoms with Crippen LogP contribution in [0.15, 0.2) is 88.1 Å². The molecule has 47 heavy (non-hydrogen) atoms. The van der Waals surface area contributed by atoms with Crippen molar-refractivity contribution < 1.29 is 43.1 Å². The maximum atomic E-state index is 12.3. The van der Waals surface area contributed by atoms with E-state index in [2.05, 4.69) is 20.5 Å². The number of benzene rings is 4. The molecule has 0 bridgehead atoms. The minimum Gasteiger partial charge on any atom is -0.508 e. The molecule has 1 aliphatic heterocycles. The molecule has 0 atom stereocenters. The van der Waals surface area contributed by atoms with E-state index in [0.717, 1.165) is 5.56 Å². The van der Waals surface area contributed by atoms with Gasteiger partial charge in [-0.2, -0.15) is 0 Å². The van der Waals surface area contributed by atoms with Crippen molar-refractivity contribution in [2.45, 2.75) is 12.8 Å². The summed E-state index contributed by atoms with van der Waals surface area (Å²) in [5, 5.41) is 29.6. The summed E-state index contributed by atoms with van der Waals surface area (Å²) in [6.07, 6.45) is 0.593. The number of hydrogen-bond donors (Lipinski definition) is 7. The lowest BCUT2D eigenvalue weighted by atomic mass is 9.90. The molecule has 0 saturated heterocycles. The van der Waals surface area contributed by atoms with Gasteiger partial charge in [-0.05, 0) is 84.4 Å². The summed E-state index contributed by atoms with van der Waals surface area (Å²) < 4.78 is 21.3. The predicted octanol–water partition coefficient (Wildman–Crippen LogP) is 4.48. The standard InChI is InChI=1S/C32H28N3O10PS/c36-20-5-10-24-27(16-20)44-28-17-21(37)6-11-25(28)30(24)26-15-19(4-9-23(26)31(39)40)35-32(47)34-14-13-33-29(38)12-3-18-1-7-22(8-2-18)45-46(41,42)43/h1-2,4-11,15-17,36H,3,12-14H2,(H,33,38)(H,39,40)(H2,34,35,47)(H2,41,42,43). The molecule has 1 heterocycles. The Morgan fingerprint density at radius 2 is 1.64 bits per heavy atom. The van der Waals surface area contributed by atoms with Crippen molar-refractivity contribution in [2.75, 3.05) is 18.4 Å². The summed E-state index contributed by atoms with van der Waals surface area (Å²) in [4.78, 5) is 54.4. The number of carbonyl (C=O) groups excluding carboxylic acids is 1. The lowest BCUT2D eigenvalue weighted by Crippen LogP contribution is -2.36. The zero-order valence-corrected chi connectivity index (χ0v) is 26.1. The number of thiocarbonyl (C=S) groups is 1. The van der Waals surface area contributed by atoms with Crippen molar-refractivity contribution in [3.63, 3.8) is 0 Å². The Labute approximate surface area is 272 Å². The van der Waals surface area contributed by atoms with Gasteiger partial charge in [0.2, 0.25) is 5.91 Å². The molecule has 0 aromatic heterocycles. The fourth-order valence-corrected chi connectivity index (χ4v) is 5.53. The van der Waals surface area contributed by atoms with Crippen molar-refractivity contribution in [3.05, 3.63) is 100 Å². The average Bonchev–Trinajstić information content (AvgIpc) is 3.00. The lowest BCUT2D eigenvalue weighted by Gasteiger charge is -2.18. The molecule has 242 valence electrons. The van der Waals surface area contributed by atoms with Crippen LogP contribution in [-0.2, 0) is 15.8 Å². The molecule has 13 nitrogen and oxygen atoms in total. The van der Waals surface area contributed by atoms with Gasteiger partial charge in [0, 0.05) is 53.8 Å². The molecular weight excluding hydrogens is 649 g/mol. The van der Waals surface area contributed by atoms with Crippen LogP contribution in [0.25, 0.3) is 33.4 Å². The van der Waals surface area contributed by atoms with Crippen LogP contribution in [0.1, 0.15) is 22.3 Å². The Hall–Kier alpha value is -5.27.